The van der Waals surface area contributed by atoms with Gasteiger partial charge in [0.25, 0.3) is 0 Å². The SMILES string of the molecule is C=C1CCNc2c(cccc2C(=C)Nc2ccccc2)N1.CC.CC. The van der Waals surface area contributed by atoms with Crippen LogP contribution in [0.1, 0.15) is 39.7 Å². The molecule has 0 atom stereocenters. The van der Waals surface area contributed by atoms with Gasteiger partial charge in [0.05, 0.1) is 11.4 Å². The topological polar surface area (TPSA) is 36.1 Å². The van der Waals surface area contributed by atoms with E-state index in [9.17, 15) is 0 Å². The Labute approximate surface area is 152 Å². The molecular formula is C22H31N3. The van der Waals surface area contributed by atoms with Crippen molar-refractivity contribution in [2.45, 2.75) is 34.1 Å². The molecule has 0 unspecified atom stereocenters. The lowest BCUT2D eigenvalue weighted by Gasteiger charge is -2.17. The minimum absolute atomic E-state index is 0.870. The summed E-state index contributed by atoms with van der Waals surface area (Å²) in [6.07, 6.45) is 0.909. The third kappa shape index (κ3) is 5.71. The number of anilines is 3. The molecule has 3 N–H and O–H groups in total. The number of para-hydroxylation sites is 2. The summed E-state index contributed by atoms with van der Waals surface area (Å²) >= 11 is 0. The van der Waals surface area contributed by atoms with Gasteiger partial charge in [0.15, 0.2) is 0 Å². The van der Waals surface area contributed by atoms with Crippen LogP contribution >= 0.6 is 0 Å². The number of fused-ring (bicyclic) bond motifs is 1. The fraction of sp³-hybridized carbons (Fsp3) is 0.273. The molecule has 3 nitrogen and oxygen atoms in total. The Morgan fingerprint density at radius 2 is 1.64 bits per heavy atom. The quantitative estimate of drug-likeness (QED) is 0.593. The van der Waals surface area contributed by atoms with E-state index in [1.807, 2.05) is 64.1 Å². The van der Waals surface area contributed by atoms with Gasteiger partial charge in [-0.1, -0.05) is 71.2 Å². The molecule has 2 aromatic carbocycles. The third-order valence-corrected chi connectivity index (χ3v) is 3.50. The van der Waals surface area contributed by atoms with Crippen LogP contribution in [-0.2, 0) is 0 Å². The Hall–Kier alpha value is -2.68. The molecule has 0 aliphatic carbocycles. The summed E-state index contributed by atoms with van der Waals surface area (Å²) in [6.45, 7) is 17.1. The van der Waals surface area contributed by atoms with Gasteiger partial charge in [0.1, 0.15) is 0 Å². The molecule has 3 rings (SSSR count). The number of benzene rings is 2. The molecular weight excluding hydrogens is 306 g/mol. The van der Waals surface area contributed by atoms with Crippen LogP contribution in [-0.4, -0.2) is 6.54 Å². The second-order valence-corrected chi connectivity index (χ2v) is 5.10. The zero-order chi connectivity index (χ0) is 18.7. The average molecular weight is 338 g/mol. The Kier molecular flexibility index (Phi) is 8.94. The van der Waals surface area contributed by atoms with Gasteiger partial charge in [-0.3, -0.25) is 0 Å². The van der Waals surface area contributed by atoms with E-state index < -0.39 is 0 Å². The van der Waals surface area contributed by atoms with Crippen molar-refractivity contribution < 1.29 is 0 Å². The van der Waals surface area contributed by atoms with E-state index in [1.54, 1.807) is 0 Å². The molecule has 1 aliphatic heterocycles. The molecule has 0 bridgehead atoms. The Morgan fingerprint density at radius 1 is 0.960 bits per heavy atom. The lowest BCUT2D eigenvalue weighted by atomic mass is 10.1. The number of rotatable bonds is 3. The Balaban J connectivity index is 0.000000730. The van der Waals surface area contributed by atoms with Gasteiger partial charge in [0, 0.05) is 35.6 Å². The Bertz CT molecular complexity index is 675. The van der Waals surface area contributed by atoms with E-state index in [2.05, 4.69) is 41.2 Å². The summed E-state index contributed by atoms with van der Waals surface area (Å²) in [5.41, 5.74) is 6.13. The predicted octanol–water partition coefficient (Wildman–Crippen LogP) is 6.56. The maximum atomic E-state index is 4.18. The predicted molar refractivity (Wildman–Crippen MR) is 114 cm³/mol. The van der Waals surface area contributed by atoms with E-state index in [4.69, 9.17) is 0 Å². The van der Waals surface area contributed by atoms with Crippen molar-refractivity contribution in [3.05, 3.63) is 72.9 Å². The molecule has 0 amide bonds. The first-order chi connectivity index (χ1) is 12.2. The number of hydrogen-bond acceptors (Lipinski definition) is 3. The molecule has 3 heteroatoms. The van der Waals surface area contributed by atoms with Crippen LogP contribution in [0.2, 0.25) is 0 Å². The molecule has 25 heavy (non-hydrogen) atoms. The first-order valence-electron chi connectivity index (χ1n) is 9.07. The lowest BCUT2D eigenvalue weighted by molar-refractivity contribution is 1.03. The highest BCUT2D eigenvalue weighted by molar-refractivity contribution is 5.88. The molecule has 0 fully saturated rings. The van der Waals surface area contributed by atoms with Crippen LogP contribution in [0.4, 0.5) is 17.1 Å². The first-order valence-corrected chi connectivity index (χ1v) is 9.07. The van der Waals surface area contributed by atoms with Crippen LogP contribution in [0, 0.1) is 0 Å². The van der Waals surface area contributed by atoms with E-state index in [0.29, 0.717) is 0 Å². The van der Waals surface area contributed by atoms with E-state index in [0.717, 1.165) is 47.0 Å². The smallest absolute Gasteiger partial charge is 0.0673 e. The second kappa shape index (κ2) is 11.0. The molecule has 1 aliphatic rings. The molecule has 134 valence electrons. The van der Waals surface area contributed by atoms with E-state index in [1.165, 1.54) is 0 Å². The normalized spacial score (nSPS) is 11.8. The van der Waals surface area contributed by atoms with Crippen molar-refractivity contribution >= 4 is 22.8 Å². The van der Waals surface area contributed by atoms with Crippen molar-refractivity contribution in [2.75, 3.05) is 22.5 Å². The molecule has 0 aromatic heterocycles. The van der Waals surface area contributed by atoms with E-state index in [-0.39, 0.29) is 0 Å². The fourth-order valence-electron chi connectivity index (χ4n) is 2.45. The van der Waals surface area contributed by atoms with Gasteiger partial charge in [-0.15, -0.1) is 0 Å². The molecule has 1 heterocycles. The number of hydrogen-bond donors (Lipinski definition) is 3. The third-order valence-electron chi connectivity index (χ3n) is 3.50. The van der Waals surface area contributed by atoms with Crippen LogP contribution in [0.15, 0.2) is 67.4 Å². The largest absolute Gasteiger partial charge is 0.382 e. The van der Waals surface area contributed by atoms with Gasteiger partial charge >= 0.3 is 0 Å². The van der Waals surface area contributed by atoms with Crippen molar-refractivity contribution in [1.82, 2.24) is 0 Å². The van der Waals surface area contributed by atoms with Crippen LogP contribution in [0.25, 0.3) is 5.70 Å². The summed E-state index contributed by atoms with van der Waals surface area (Å²) in [5.74, 6) is 0. The Morgan fingerprint density at radius 3 is 2.32 bits per heavy atom. The molecule has 0 spiro atoms. The summed E-state index contributed by atoms with van der Waals surface area (Å²) in [7, 11) is 0. The summed E-state index contributed by atoms with van der Waals surface area (Å²) in [5, 5.41) is 10.2. The van der Waals surface area contributed by atoms with Gasteiger partial charge in [-0.05, 0) is 18.2 Å². The van der Waals surface area contributed by atoms with Crippen molar-refractivity contribution in [2.24, 2.45) is 0 Å². The van der Waals surface area contributed by atoms with Gasteiger partial charge in [0.2, 0.25) is 0 Å². The molecule has 2 aromatic rings. The highest BCUT2D eigenvalue weighted by Crippen LogP contribution is 2.33. The van der Waals surface area contributed by atoms with Gasteiger partial charge < -0.3 is 16.0 Å². The minimum Gasteiger partial charge on any atom is -0.382 e. The highest BCUT2D eigenvalue weighted by atomic mass is 15.0. The zero-order valence-electron chi connectivity index (χ0n) is 15.9. The average Bonchev–Trinajstić information content (AvgIpc) is 2.86. The fourth-order valence-corrected chi connectivity index (χ4v) is 2.45. The van der Waals surface area contributed by atoms with Gasteiger partial charge in [-0.25, -0.2) is 0 Å². The van der Waals surface area contributed by atoms with Gasteiger partial charge in [-0.2, -0.15) is 0 Å². The van der Waals surface area contributed by atoms with Crippen LogP contribution in [0.3, 0.4) is 0 Å². The molecule has 0 saturated heterocycles. The first kappa shape index (κ1) is 20.4. The maximum Gasteiger partial charge on any atom is 0.0673 e. The monoisotopic (exact) mass is 337 g/mol. The standard InChI is InChI=1S/C18H19N3.2C2H6/c1-13-11-12-19-18-16(9-6-10-17(18)20-13)14(2)21-15-7-4-3-5-8-15;2*1-2/h3-10,19-21H,1-2,11-12H2;2*1-2H3. The maximum absolute atomic E-state index is 4.18. The zero-order valence-corrected chi connectivity index (χ0v) is 15.9. The van der Waals surface area contributed by atoms with Crippen LogP contribution in [0.5, 0.6) is 0 Å². The van der Waals surface area contributed by atoms with Crippen LogP contribution < -0.4 is 16.0 Å². The second-order valence-electron chi connectivity index (χ2n) is 5.10. The lowest BCUT2D eigenvalue weighted by Crippen LogP contribution is -2.05. The van der Waals surface area contributed by atoms with E-state index >= 15 is 0 Å². The summed E-state index contributed by atoms with van der Waals surface area (Å²) in [6, 6.07) is 16.2. The summed E-state index contributed by atoms with van der Waals surface area (Å²) < 4.78 is 0. The minimum atomic E-state index is 0.870. The van der Waals surface area contributed by atoms with Crippen molar-refractivity contribution in [1.29, 1.82) is 0 Å². The molecule has 0 saturated carbocycles. The number of nitrogens with one attached hydrogen (secondary N) is 3. The van der Waals surface area contributed by atoms with Crippen molar-refractivity contribution in [3.63, 3.8) is 0 Å². The highest BCUT2D eigenvalue weighted by Gasteiger charge is 2.14. The summed E-state index contributed by atoms with van der Waals surface area (Å²) in [4.78, 5) is 0. The molecule has 0 radical (unpaired) electrons. The van der Waals surface area contributed by atoms with Crippen molar-refractivity contribution in [3.8, 4) is 0 Å².